The summed E-state index contributed by atoms with van der Waals surface area (Å²) in [6.45, 7) is 5.53. The van der Waals surface area contributed by atoms with E-state index in [2.05, 4.69) is 21.8 Å². The Hall–Kier alpha value is -2.01. The maximum Gasteiger partial charge on any atom is 0.139 e. The van der Waals surface area contributed by atoms with Gasteiger partial charge >= 0.3 is 0 Å². The van der Waals surface area contributed by atoms with Crippen LogP contribution in [0, 0.1) is 6.92 Å². The second kappa shape index (κ2) is 6.43. The van der Waals surface area contributed by atoms with Gasteiger partial charge in [-0.1, -0.05) is 18.3 Å². The van der Waals surface area contributed by atoms with Crippen LogP contribution in [0.5, 0.6) is 0 Å². The predicted molar refractivity (Wildman–Crippen MR) is 85.8 cm³/mol. The van der Waals surface area contributed by atoms with Crippen molar-refractivity contribution in [3.63, 3.8) is 0 Å². The Balaban J connectivity index is 2.36. The van der Waals surface area contributed by atoms with Crippen molar-refractivity contribution >= 4 is 23.0 Å². The third kappa shape index (κ3) is 3.30. The lowest BCUT2D eigenvalue weighted by Gasteiger charge is -2.24. The second-order valence-electron chi connectivity index (χ2n) is 4.52. The van der Waals surface area contributed by atoms with Crippen LogP contribution in [0.25, 0.3) is 0 Å². The Morgan fingerprint density at radius 2 is 2.10 bits per heavy atom. The third-order valence-corrected chi connectivity index (χ3v) is 3.26. The Kier molecular flexibility index (Phi) is 4.63. The van der Waals surface area contributed by atoms with Crippen LogP contribution in [0.2, 0.25) is 0 Å². The zero-order valence-electron chi connectivity index (χ0n) is 11.7. The van der Waals surface area contributed by atoms with Crippen LogP contribution in [0.1, 0.15) is 23.9 Å². The highest BCUT2D eigenvalue weighted by Crippen LogP contribution is 2.20. The van der Waals surface area contributed by atoms with Gasteiger partial charge in [0, 0.05) is 18.4 Å². The average molecular weight is 286 g/mol. The van der Waals surface area contributed by atoms with Crippen LogP contribution in [-0.4, -0.2) is 21.5 Å². The number of hydrogen-bond acceptors (Lipinski definition) is 4. The van der Waals surface area contributed by atoms with E-state index in [0.717, 1.165) is 29.3 Å². The molecule has 0 bridgehead atoms. The highest BCUT2D eigenvalue weighted by molar-refractivity contribution is 7.80. The average Bonchev–Trinajstić information content (AvgIpc) is 2.45. The van der Waals surface area contributed by atoms with Crippen molar-refractivity contribution in [3.05, 3.63) is 53.5 Å². The highest BCUT2D eigenvalue weighted by Gasteiger charge is 2.14. The third-order valence-electron chi connectivity index (χ3n) is 3.04. The van der Waals surface area contributed by atoms with E-state index in [9.17, 15) is 0 Å². The molecule has 2 heterocycles. The number of hydrogen-bond donors (Lipinski definition) is 1. The summed E-state index contributed by atoms with van der Waals surface area (Å²) >= 11 is 5.12. The number of thiocarbonyl (C=S) groups is 1. The van der Waals surface area contributed by atoms with Crippen LogP contribution in [-0.2, 0) is 6.54 Å². The first-order chi connectivity index (χ1) is 9.61. The Morgan fingerprint density at radius 3 is 2.70 bits per heavy atom. The van der Waals surface area contributed by atoms with Gasteiger partial charge in [0.2, 0.25) is 0 Å². The van der Waals surface area contributed by atoms with Crippen molar-refractivity contribution in [2.45, 2.75) is 20.4 Å². The van der Waals surface area contributed by atoms with Gasteiger partial charge in [-0.05, 0) is 38.1 Å². The Morgan fingerprint density at radius 1 is 1.30 bits per heavy atom. The minimum absolute atomic E-state index is 0.368. The van der Waals surface area contributed by atoms with E-state index < -0.39 is 0 Å². The van der Waals surface area contributed by atoms with Gasteiger partial charge < -0.3 is 10.6 Å². The molecule has 2 aromatic rings. The number of aromatic nitrogens is 2. The van der Waals surface area contributed by atoms with Gasteiger partial charge in [-0.15, -0.1) is 0 Å². The van der Waals surface area contributed by atoms with Gasteiger partial charge in [0.05, 0.1) is 17.8 Å². The fraction of sp³-hybridized carbons (Fsp3) is 0.267. The molecule has 0 aromatic carbocycles. The molecule has 104 valence electrons. The molecule has 2 aromatic heterocycles. The predicted octanol–water partition coefficient (Wildman–Crippen LogP) is 2.45. The number of anilines is 1. The zero-order chi connectivity index (χ0) is 14.5. The van der Waals surface area contributed by atoms with Gasteiger partial charge in [-0.2, -0.15) is 0 Å². The quantitative estimate of drug-likeness (QED) is 0.856. The van der Waals surface area contributed by atoms with Crippen molar-refractivity contribution in [1.82, 2.24) is 9.97 Å². The van der Waals surface area contributed by atoms with Crippen molar-refractivity contribution in [3.8, 4) is 0 Å². The molecule has 0 aliphatic rings. The van der Waals surface area contributed by atoms with Crippen molar-refractivity contribution < 1.29 is 0 Å². The fourth-order valence-corrected chi connectivity index (χ4v) is 2.16. The lowest BCUT2D eigenvalue weighted by atomic mass is 10.2. The molecule has 4 nitrogen and oxygen atoms in total. The van der Waals surface area contributed by atoms with Gasteiger partial charge in [-0.25, -0.2) is 4.98 Å². The molecule has 0 radical (unpaired) electrons. The zero-order valence-corrected chi connectivity index (χ0v) is 12.5. The molecular formula is C15H18N4S. The lowest BCUT2D eigenvalue weighted by molar-refractivity contribution is 0.790. The van der Waals surface area contributed by atoms with Crippen LogP contribution in [0.3, 0.4) is 0 Å². The summed E-state index contributed by atoms with van der Waals surface area (Å²) in [5.41, 5.74) is 8.54. The first-order valence-corrected chi connectivity index (χ1v) is 6.95. The Bertz CT molecular complexity index is 598. The normalized spacial score (nSPS) is 10.3. The molecule has 5 heteroatoms. The molecule has 0 fully saturated rings. The topological polar surface area (TPSA) is 55.0 Å². The summed E-state index contributed by atoms with van der Waals surface area (Å²) in [4.78, 5) is 11.4. The van der Waals surface area contributed by atoms with Crippen LogP contribution < -0.4 is 10.6 Å². The largest absolute Gasteiger partial charge is 0.389 e. The maximum absolute atomic E-state index is 5.80. The van der Waals surface area contributed by atoms with Crippen molar-refractivity contribution in [2.24, 2.45) is 5.73 Å². The van der Waals surface area contributed by atoms with E-state index in [1.54, 1.807) is 6.20 Å². The minimum Gasteiger partial charge on any atom is -0.389 e. The molecule has 0 aliphatic carbocycles. The van der Waals surface area contributed by atoms with Gasteiger partial charge in [0.1, 0.15) is 10.8 Å². The van der Waals surface area contributed by atoms with E-state index in [-0.39, 0.29) is 0 Å². The summed E-state index contributed by atoms with van der Waals surface area (Å²) in [5, 5.41) is 0. The number of nitrogens with zero attached hydrogens (tertiary/aromatic N) is 3. The van der Waals surface area contributed by atoms with Gasteiger partial charge in [0.15, 0.2) is 0 Å². The van der Waals surface area contributed by atoms with Crippen LogP contribution >= 0.6 is 12.2 Å². The number of pyridine rings is 2. The molecule has 2 N–H and O–H groups in total. The Labute approximate surface area is 124 Å². The molecule has 0 amide bonds. The summed E-state index contributed by atoms with van der Waals surface area (Å²) in [7, 11) is 0. The lowest BCUT2D eigenvalue weighted by Crippen LogP contribution is -2.27. The summed E-state index contributed by atoms with van der Waals surface area (Å²) < 4.78 is 0. The smallest absolute Gasteiger partial charge is 0.139 e. The summed E-state index contributed by atoms with van der Waals surface area (Å²) in [5.74, 6) is 0.825. The molecule has 0 unspecified atom stereocenters. The number of nitrogens with two attached hydrogens (primary N) is 1. The number of aryl methyl sites for hydroxylation is 1. The fourth-order valence-electron chi connectivity index (χ4n) is 2.00. The second-order valence-corrected chi connectivity index (χ2v) is 4.96. The first kappa shape index (κ1) is 14.4. The minimum atomic E-state index is 0.368. The standard InChI is InChI=1S/C15H18N4S/c1-3-19(10-12-6-4-5-9-17-12)15-13(14(16)20)8-7-11(2)18-15/h4-9H,3,10H2,1-2H3,(H2,16,20). The van der Waals surface area contributed by atoms with Crippen LogP contribution in [0.15, 0.2) is 36.5 Å². The first-order valence-electron chi connectivity index (χ1n) is 6.54. The van der Waals surface area contributed by atoms with E-state index in [1.165, 1.54) is 0 Å². The van der Waals surface area contributed by atoms with Crippen molar-refractivity contribution in [2.75, 3.05) is 11.4 Å². The highest BCUT2D eigenvalue weighted by atomic mass is 32.1. The van der Waals surface area contributed by atoms with Gasteiger partial charge in [0.25, 0.3) is 0 Å². The molecule has 0 spiro atoms. The van der Waals surface area contributed by atoms with Crippen LogP contribution in [0.4, 0.5) is 5.82 Å². The van der Waals surface area contributed by atoms with E-state index in [4.69, 9.17) is 18.0 Å². The molecular weight excluding hydrogens is 268 g/mol. The van der Waals surface area contributed by atoms with Gasteiger partial charge in [-0.3, -0.25) is 4.98 Å². The molecule has 0 atom stereocenters. The maximum atomic E-state index is 5.80. The summed E-state index contributed by atoms with van der Waals surface area (Å²) in [6, 6.07) is 9.74. The van der Waals surface area contributed by atoms with E-state index in [0.29, 0.717) is 11.5 Å². The van der Waals surface area contributed by atoms with E-state index in [1.807, 2.05) is 37.3 Å². The monoisotopic (exact) mass is 286 g/mol. The SMILES string of the molecule is CCN(Cc1ccccn1)c1nc(C)ccc1C(N)=S. The molecule has 2 rings (SSSR count). The molecule has 0 saturated carbocycles. The molecule has 0 aliphatic heterocycles. The van der Waals surface area contributed by atoms with E-state index >= 15 is 0 Å². The number of rotatable bonds is 5. The molecule has 20 heavy (non-hydrogen) atoms. The van der Waals surface area contributed by atoms with Crippen molar-refractivity contribution in [1.29, 1.82) is 0 Å². The molecule has 0 saturated heterocycles. The summed E-state index contributed by atoms with van der Waals surface area (Å²) in [6.07, 6.45) is 1.79.